The molecule has 0 aliphatic rings. The Hall–Kier alpha value is -1.32. The van der Waals surface area contributed by atoms with Crippen molar-refractivity contribution in [1.82, 2.24) is 0 Å². The van der Waals surface area contributed by atoms with Gasteiger partial charge in [-0.05, 0) is 20.3 Å². The number of ether oxygens (including phenoxy) is 2. The molecular formula is C9H14O4. The zero-order chi connectivity index (χ0) is 10.4. The van der Waals surface area contributed by atoms with Crippen LogP contribution in [-0.2, 0) is 14.3 Å². The van der Waals surface area contributed by atoms with Gasteiger partial charge in [-0.1, -0.05) is 13.5 Å². The van der Waals surface area contributed by atoms with E-state index in [1.807, 2.05) is 6.92 Å². The fourth-order valence-electron chi connectivity index (χ4n) is 0.434. The molecule has 0 saturated heterocycles. The van der Waals surface area contributed by atoms with Crippen LogP contribution < -0.4 is 0 Å². The van der Waals surface area contributed by atoms with Crippen LogP contribution in [-0.4, -0.2) is 18.2 Å². The van der Waals surface area contributed by atoms with Gasteiger partial charge in [-0.2, -0.15) is 0 Å². The van der Waals surface area contributed by atoms with Crippen LogP contribution >= 0.6 is 0 Å². The third-order valence-corrected chi connectivity index (χ3v) is 1.40. The first-order valence-electron chi connectivity index (χ1n) is 4.05. The van der Waals surface area contributed by atoms with E-state index in [0.29, 0.717) is 6.42 Å². The van der Waals surface area contributed by atoms with Crippen molar-refractivity contribution in [2.45, 2.75) is 33.3 Å². The number of hydrogen-bond acceptors (Lipinski definition) is 4. The second kappa shape index (κ2) is 5.35. The molecule has 0 N–H and O–H groups in total. The van der Waals surface area contributed by atoms with E-state index < -0.39 is 12.1 Å². The highest BCUT2D eigenvalue weighted by atomic mass is 16.7. The molecule has 0 radical (unpaired) electrons. The largest absolute Gasteiger partial charge is 0.516 e. The Morgan fingerprint density at radius 2 is 2.00 bits per heavy atom. The molecule has 0 rings (SSSR count). The van der Waals surface area contributed by atoms with Crippen LogP contribution in [0.4, 0.5) is 4.79 Å². The molecule has 0 heterocycles. The Kier molecular flexibility index (Phi) is 4.80. The summed E-state index contributed by atoms with van der Waals surface area (Å²) in [5.41, 5.74) is 0.168. The Labute approximate surface area is 77.5 Å². The second-order valence-electron chi connectivity index (χ2n) is 2.76. The van der Waals surface area contributed by atoms with Gasteiger partial charge >= 0.3 is 12.1 Å². The maximum absolute atomic E-state index is 10.8. The van der Waals surface area contributed by atoms with Crippen LogP contribution in [0, 0.1) is 0 Å². The van der Waals surface area contributed by atoms with E-state index in [9.17, 15) is 9.59 Å². The molecule has 0 amide bonds. The summed E-state index contributed by atoms with van der Waals surface area (Å²) in [6.07, 6.45) is -0.538. The van der Waals surface area contributed by atoms with Crippen molar-refractivity contribution in [3.05, 3.63) is 12.2 Å². The van der Waals surface area contributed by atoms with E-state index in [1.54, 1.807) is 6.92 Å². The molecule has 1 unspecified atom stereocenters. The van der Waals surface area contributed by atoms with Crippen LogP contribution in [0.25, 0.3) is 0 Å². The normalized spacial score (nSPS) is 11.6. The van der Waals surface area contributed by atoms with Gasteiger partial charge in [0.1, 0.15) is 6.10 Å². The van der Waals surface area contributed by atoms with Crippen molar-refractivity contribution in [1.29, 1.82) is 0 Å². The first-order chi connectivity index (χ1) is 5.97. The molecule has 0 fully saturated rings. The van der Waals surface area contributed by atoms with Crippen molar-refractivity contribution in [3.8, 4) is 0 Å². The molecule has 0 aromatic carbocycles. The maximum Gasteiger partial charge on any atom is 0.516 e. The summed E-state index contributed by atoms with van der Waals surface area (Å²) in [5, 5.41) is 0. The third-order valence-electron chi connectivity index (χ3n) is 1.40. The minimum absolute atomic E-state index is 0.168. The minimum atomic E-state index is -0.970. The van der Waals surface area contributed by atoms with E-state index in [1.165, 1.54) is 6.92 Å². The van der Waals surface area contributed by atoms with Crippen molar-refractivity contribution in [2.75, 3.05) is 0 Å². The van der Waals surface area contributed by atoms with Gasteiger partial charge in [0.15, 0.2) is 0 Å². The van der Waals surface area contributed by atoms with Gasteiger partial charge in [0.05, 0.1) is 0 Å². The van der Waals surface area contributed by atoms with Crippen LogP contribution in [0.3, 0.4) is 0 Å². The van der Waals surface area contributed by atoms with Gasteiger partial charge < -0.3 is 9.47 Å². The smallest absolute Gasteiger partial charge is 0.431 e. The van der Waals surface area contributed by atoms with Crippen molar-refractivity contribution < 1.29 is 19.1 Å². The van der Waals surface area contributed by atoms with Gasteiger partial charge in [0, 0.05) is 5.57 Å². The monoisotopic (exact) mass is 186 g/mol. The van der Waals surface area contributed by atoms with E-state index in [4.69, 9.17) is 4.74 Å². The van der Waals surface area contributed by atoms with E-state index in [-0.39, 0.29) is 11.7 Å². The zero-order valence-corrected chi connectivity index (χ0v) is 8.12. The number of carbonyl (C=O) groups excluding carboxylic acids is 2. The molecule has 0 spiro atoms. The summed E-state index contributed by atoms with van der Waals surface area (Å²) in [7, 11) is 0. The average molecular weight is 186 g/mol. The summed E-state index contributed by atoms with van der Waals surface area (Å²) in [5.74, 6) is -0.756. The van der Waals surface area contributed by atoms with Gasteiger partial charge in [-0.15, -0.1) is 0 Å². The molecule has 4 heteroatoms. The second-order valence-corrected chi connectivity index (χ2v) is 2.76. The summed E-state index contributed by atoms with van der Waals surface area (Å²) in [6.45, 7) is 8.36. The Balaban J connectivity index is 3.88. The lowest BCUT2D eigenvalue weighted by Gasteiger charge is -2.09. The Bertz CT molecular complexity index is 220. The van der Waals surface area contributed by atoms with Gasteiger partial charge in [0.2, 0.25) is 0 Å². The quantitative estimate of drug-likeness (QED) is 0.384. The topological polar surface area (TPSA) is 52.6 Å². The van der Waals surface area contributed by atoms with Crippen molar-refractivity contribution in [2.24, 2.45) is 0 Å². The number of carbonyl (C=O) groups is 2. The lowest BCUT2D eigenvalue weighted by atomic mass is 10.3. The summed E-state index contributed by atoms with van der Waals surface area (Å²) >= 11 is 0. The lowest BCUT2D eigenvalue weighted by molar-refractivity contribution is -0.135. The highest BCUT2D eigenvalue weighted by molar-refractivity contribution is 5.93. The average Bonchev–Trinajstić information content (AvgIpc) is 2.03. The Morgan fingerprint density at radius 3 is 2.38 bits per heavy atom. The summed E-state index contributed by atoms with van der Waals surface area (Å²) in [4.78, 5) is 21.6. The van der Waals surface area contributed by atoms with Gasteiger partial charge in [-0.25, -0.2) is 9.59 Å². The standard InChI is InChI=1S/C9H14O4/c1-5-7(4)12-9(11)13-8(10)6(2)3/h7H,2,5H2,1,3-4H3. The fraction of sp³-hybridized carbons (Fsp3) is 0.556. The predicted octanol–water partition coefficient (Wildman–Crippen LogP) is 2.04. The van der Waals surface area contributed by atoms with Crippen LogP contribution in [0.1, 0.15) is 27.2 Å². The molecule has 0 saturated carbocycles. The maximum atomic E-state index is 10.8. The van der Waals surface area contributed by atoms with Crippen LogP contribution in [0.5, 0.6) is 0 Å². The SMILES string of the molecule is C=C(C)C(=O)OC(=O)OC(C)CC. The Morgan fingerprint density at radius 1 is 1.46 bits per heavy atom. The third kappa shape index (κ3) is 5.00. The molecule has 74 valence electrons. The van der Waals surface area contributed by atoms with Gasteiger partial charge in [0.25, 0.3) is 0 Å². The van der Waals surface area contributed by atoms with Crippen molar-refractivity contribution >= 4 is 12.1 Å². The lowest BCUT2D eigenvalue weighted by Crippen LogP contribution is -2.18. The molecule has 4 nitrogen and oxygen atoms in total. The van der Waals surface area contributed by atoms with E-state index >= 15 is 0 Å². The molecule has 0 aliphatic carbocycles. The summed E-state index contributed by atoms with van der Waals surface area (Å²) in [6, 6.07) is 0. The molecule has 0 aromatic rings. The highest BCUT2D eigenvalue weighted by Crippen LogP contribution is 2.00. The molecule has 13 heavy (non-hydrogen) atoms. The molecule has 0 bridgehead atoms. The first-order valence-corrected chi connectivity index (χ1v) is 4.05. The zero-order valence-electron chi connectivity index (χ0n) is 8.12. The van der Waals surface area contributed by atoms with E-state index in [0.717, 1.165) is 0 Å². The van der Waals surface area contributed by atoms with Crippen LogP contribution in [0.2, 0.25) is 0 Å². The van der Waals surface area contributed by atoms with E-state index in [2.05, 4.69) is 11.3 Å². The molecule has 1 atom stereocenters. The molecular weight excluding hydrogens is 172 g/mol. The van der Waals surface area contributed by atoms with Gasteiger partial charge in [-0.3, -0.25) is 0 Å². The molecule has 0 aliphatic heterocycles. The first kappa shape index (κ1) is 11.7. The minimum Gasteiger partial charge on any atom is -0.431 e. The highest BCUT2D eigenvalue weighted by Gasteiger charge is 2.14. The molecule has 0 aromatic heterocycles. The fourth-order valence-corrected chi connectivity index (χ4v) is 0.434. The van der Waals surface area contributed by atoms with Crippen molar-refractivity contribution in [3.63, 3.8) is 0 Å². The number of hydrogen-bond donors (Lipinski definition) is 0. The summed E-state index contributed by atoms with van der Waals surface area (Å²) < 4.78 is 8.98. The number of esters is 1. The van der Waals surface area contributed by atoms with Crippen LogP contribution in [0.15, 0.2) is 12.2 Å². The number of rotatable bonds is 3. The predicted molar refractivity (Wildman–Crippen MR) is 47.1 cm³/mol.